The summed E-state index contributed by atoms with van der Waals surface area (Å²) in [5.41, 5.74) is -1.03. The molecule has 1 atom stereocenters. The van der Waals surface area contributed by atoms with Crippen LogP contribution in [0, 0.1) is 17.8 Å². The van der Waals surface area contributed by atoms with E-state index in [1.165, 1.54) is 26.2 Å². The Morgan fingerprint density at radius 3 is 2.00 bits per heavy atom. The minimum atomic E-state index is -4.46. The molecular weight excluding hydrogens is 371 g/mol. The average Bonchev–Trinajstić information content (AvgIpc) is 2.59. The van der Waals surface area contributed by atoms with Crippen LogP contribution in [-0.2, 0) is 15.7 Å². The number of alkyl halides is 3. The number of nitrogens with one attached hydrogen (secondary N) is 1. The summed E-state index contributed by atoms with van der Waals surface area (Å²) in [7, 11) is 0. The maximum Gasteiger partial charge on any atom is 0.416 e. The molecule has 1 amide bonds. The molecule has 4 aliphatic carbocycles. The van der Waals surface area contributed by atoms with Gasteiger partial charge in [-0.05, 0) is 87.5 Å². The molecule has 0 aliphatic heterocycles. The topological polar surface area (TPSA) is 55.4 Å². The molecule has 4 aliphatic rings. The molecule has 0 aromatic heterocycles. The van der Waals surface area contributed by atoms with Crippen molar-refractivity contribution in [1.29, 1.82) is 0 Å². The fourth-order valence-corrected chi connectivity index (χ4v) is 5.70. The Labute approximate surface area is 161 Å². The minimum absolute atomic E-state index is 0.0116. The second-order valence-electron chi connectivity index (χ2n) is 8.81. The summed E-state index contributed by atoms with van der Waals surface area (Å²) in [6.07, 6.45) is 1.28. The molecule has 1 aromatic rings. The minimum Gasteiger partial charge on any atom is -0.449 e. The largest absolute Gasteiger partial charge is 0.449 e. The van der Waals surface area contributed by atoms with Crippen molar-refractivity contribution in [3.63, 3.8) is 0 Å². The van der Waals surface area contributed by atoms with Gasteiger partial charge >= 0.3 is 12.1 Å². The van der Waals surface area contributed by atoms with Gasteiger partial charge in [0.2, 0.25) is 0 Å². The van der Waals surface area contributed by atoms with Crippen LogP contribution < -0.4 is 5.32 Å². The van der Waals surface area contributed by atoms with E-state index in [4.69, 9.17) is 4.74 Å². The van der Waals surface area contributed by atoms with Gasteiger partial charge in [0.1, 0.15) is 0 Å². The number of carbonyl (C=O) groups excluding carboxylic acids is 2. The molecular formula is C21H24F3NO3. The number of amides is 1. The van der Waals surface area contributed by atoms with Gasteiger partial charge in [-0.2, -0.15) is 13.2 Å². The van der Waals surface area contributed by atoms with Gasteiger partial charge in [-0.15, -0.1) is 0 Å². The van der Waals surface area contributed by atoms with E-state index in [9.17, 15) is 22.8 Å². The summed E-state index contributed by atoms with van der Waals surface area (Å²) in [6, 6.07) is 3.79. The van der Waals surface area contributed by atoms with Crippen LogP contribution >= 0.6 is 0 Å². The van der Waals surface area contributed by atoms with Gasteiger partial charge in [0.05, 0.1) is 11.1 Å². The maximum absolute atomic E-state index is 12.6. The molecule has 4 saturated carbocycles. The van der Waals surface area contributed by atoms with Crippen LogP contribution in [0.5, 0.6) is 0 Å². The molecule has 0 saturated heterocycles. The van der Waals surface area contributed by atoms with E-state index in [2.05, 4.69) is 5.32 Å². The van der Waals surface area contributed by atoms with Crippen LogP contribution in [0.25, 0.3) is 0 Å². The Kier molecular flexibility index (Phi) is 4.67. The van der Waals surface area contributed by atoms with Crippen molar-refractivity contribution in [2.24, 2.45) is 17.8 Å². The van der Waals surface area contributed by atoms with Crippen molar-refractivity contribution in [2.75, 3.05) is 0 Å². The second-order valence-corrected chi connectivity index (χ2v) is 8.81. The summed E-state index contributed by atoms with van der Waals surface area (Å²) in [5.74, 6) is 0.897. The third kappa shape index (κ3) is 3.76. The van der Waals surface area contributed by atoms with Crippen LogP contribution in [-0.4, -0.2) is 23.5 Å². The number of carbonyl (C=O) groups is 2. The number of esters is 1. The van der Waals surface area contributed by atoms with E-state index in [1.54, 1.807) is 0 Å². The number of ether oxygens (including phenoxy) is 1. The Hall–Kier alpha value is -2.05. The quantitative estimate of drug-likeness (QED) is 0.772. The first-order valence-corrected chi connectivity index (χ1v) is 9.84. The lowest BCUT2D eigenvalue weighted by molar-refractivity contribution is -0.137. The molecule has 0 unspecified atom stereocenters. The van der Waals surface area contributed by atoms with E-state index in [0.29, 0.717) is 17.8 Å². The fraction of sp³-hybridized carbons (Fsp3) is 0.619. The highest BCUT2D eigenvalue weighted by atomic mass is 19.4. The van der Waals surface area contributed by atoms with Crippen molar-refractivity contribution >= 4 is 11.9 Å². The van der Waals surface area contributed by atoms with Gasteiger partial charge in [-0.1, -0.05) is 0 Å². The van der Waals surface area contributed by atoms with Gasteiger partial charge in [0, 0.05) is 5.54 Å². The van der Waals surface area contributed by atoms with Crippen LogP contribution in [0.15, 0.2) is 24.3 Å². The van der Waals surface area contributed by atoms with Crippen LogP contribution in [0.4, 0.5) is 13.2 Å². The monoisotopic (exact) mass is 395 g/mol. The van der Waals surface area contributed by atoms with Crippen molar-refractivity contribution in [3.8, 4) is 0 Å². The molecule has 0 spiro atoms. The van der Waals surface area contributed by atoms with E-state index in [0.717, 1.165) is 43.5 Å². The molecule has 4 fully saturated rings. The molecule has 28 heavy (non-hydrogen) atoms. The maximum atomic E-state index is 12.6. The van der Waals surface area contributed by atoms with Gasteiger partial charge < -0.3 is 10.1 Å². The van der Waals surface area contributed by atoms with Crippen molar-refractivity contribution in [2.45, 2.75) is 63.3 Å². The fourth-order valence-electron chi connectivity index (χ4n) is 5.70. The number of benzene rings is 1. The predicted molar refractivity (Wildman–Crippen MR) is 95.4 cm³/mol. The van der Waals surface area contributed by atoms with Gasteiger partial charge in [0.25, 0.3) is 5.91 Å². The Morgan fingerprint density at radius 1 is 1.04 bits per heavy atom. The lowest BCUT2D eigenvalue weighted by atomic mass is 9.53. The zero-order valence-corrected chi connectivity index (χ0v) is 15.7. The molecule has 152 valence electrons. The summed E-state index contributed by atoms with van der Waals surface area (Å²) in [5, 5.41) is 3.15. The SMILES string of the molecule is C[C@H](OC(=O)c1ccc(C(F)(F)F)cc1)C(=O)NC12CC3CC(CC(C3)C1)C2. The first kappa shape index (κ1) is 19.3. The van der Waals surface area contributed by atoms with Crippen LogP contribution in [0.2, 0.25) is 0 Å². The van der Waals surface area contributed by atoms with Crippen molar-refractivity contribution in [3.05, 3.63) is 35.4 Å². The number of halogens is 3. The lowest BCUT2D eigenvalue weighted by Crippen LogP contribution is -2.61. The summed E-state index contributed by atoms with van der Waals surface area (Å²) in [6.45, 7) is 1.50. The second kappa shape index (κ2) is 6.78. The van der Waals surface area contributed by atoms with Gasteiger partial charge in [0.15, 0.2) is 6.10 Å². The summed E-state index contributed by atoms with van der Waals surface area (Å²) in [4.78, 5) is 24.8. The Bertz CT molecular complexity index is 737. The van der Waals surface area contributed by atoms with Gasteiger partial charge in [-0.25, -0.2) is 4.79 Å². The molecule has 1 aromatic carbocycles. The standard InChI is InChI=1S/C21H24F3NO3/c1-12(28-19(27)16-2-4-17(5-3-16)21(22,23)24)18(26)25-20-9-13-6-14(10-20)8-15(7-13)11-20/h2-5,12-15H,6-11H2,1H3,(H,25,26)/t12-,13?,14?,15?,20?/m0/s1. The molecule has 4 nitrogen and oxygen atoms in total. The first-order valence-electron chi connectivity index (χ1n) is 9.84. The highest BCUT2D eigenvalue weighted by Crippen LogP contribution is 2.55. The third-order valence-electron chi connectivity index (χ3n) is 6.53. The molecule has 1 N–H and O–H groups in total. The molecule has 0 heterocycles. The predicted octanol–water partition coefficient (Wildman–Crippen LogP) is 4.34. The zero-order valence-electron chi connectivity index (χ0n) is 15.7. The van der Waals surface area contributed by atoms with E-state index < -0.39 is 23.8 Å². The van der Waals surface area contributed by atoms with E-state index in [1.807, 2.05) is 0 Å². The average molecular weight is 395 g/mol. The van der Waals surface area contributed by atoms with Crippen molar-refractivity contribution in [1.82, 2.24) is 5.32 Å². The number of hydrogen-bond acceptors (Lipinski definition) is 3. The van der Waals surface area contributed by atoms with E-state index in [-0.39, 0.29) is 17.0 Å². The summed E-state index contributed by atoms with van der Waals surface area (Å²) >= 11 is 0. The first-order chi connectivity index (χ1) is 13.1. The molecule has 4 bridgehead atoms. The lowest BCUT2D eigenvalue weighted by Gasteiger charge is -2.57. The number of hydrogen-bond donors (Lipinski definition) is 1. The normalized spacial score (nSPS) is 32.1. The van der Waals surface area contributed by atoms with Crippen LogP contribution in [0.1, 0.15) is 61.4 Å². The highest BCUT2D eigenvalue weighted by molar-refractivity contribution is 5.92. The zero-order chi connectivity index (χ0) is 20.1. The Balaban J connectivity index is 1.36. The van der Waals surface area contributed by atoms with Crippen LogP contribution in [0.3, 0.4) is 0 Å². The smallest absolute Gasteiger partial charge is 0.416 e. The summed E-state index contributed by atoms with van der Waals surface area (Å²) < 4.78 is 43.1. The van der Waals surface area contributed by atoms with Gasteiger partial charge in [-0.3, -0.25) is 4.79 Å². The van der Waals surface area contributed by atoms with E-state index >= 15 is 0 Å². The van der Waals surface area contributed by atoms with Crippen molar-refractivity contribution < 1.29 is 27.5 Å². The number of rotatable bonds is 4. The third-order valence-corrected chi connectivity index (χ3v) is 6.53. The molecule has 7 heteroatoms. The highest BCUT2D eigenvalue weighted by Gasteiger charge is 2.51. The molecule has 5 rings (SSSR count). The molecule has 0 radical (unpaired) electrons. The Morgan fingerprint density at radius 2 is 1.54 bits per heavy atom.